The summed E-state index contributed by atoms with van der Waals surface area (Å²) in [6.07, 6.45) is 2.46. The van der Waals surface area contributed by atoms with Gasteiger partial charge in [0.1, 0.15) is 0 Å². The molecule has 1 aliphatic rings. The van der Waals surface area contributed by atoms with Crippen molar-refractivity contribution in [2.45, 2.75) is 12.8 Å². The Morgan fingerprint density at radius 3 is 2.76 bits per heavy atom. The third-order valence-electron chi connectivity index (χ3n) is 3.43. The average molecular weight is 351 g/mol. The van der Waals surface area contributed by atoms with Crippen LogP contribution in [-0.4, -0.2) is 38.0 Å². The fraction of sp³-hybridized carbons (Fsp3) is 0.462. The maximum Gasteiger partial charge on any atom is 0.228 e. The molecule has 0 aliphatic carbocycles. The number of hydrogen-bond donors (Lipinski definition) is 1. The summed E-state index contributed by atoms with van der Waals surface area (Å²) in [5.41, 5.74) is 0.436. The Labute approximate surface area is 134 Å². The lowest BCUT2D eigenvalue weighted by atomic mass is 9.99. The second-order valence-electron chi connectivity index (χ2n) is 5.05. The van der Waals surface area contributed by atoms with E-state index in [4.69, 9.17) is 23.2 Å². The molecule has 5 nitrogen and oxygen atoms in total. The van der Waals surface area contributed by atoms with Gasteiger partial charge in [0.05, 0.1) is 27.9 Å². The molecule has 1 saturated heterocycles. The van der Waals surface area contributed by atoms with Gasteiger partial charge in [-0.05, 0) is 25.0 Å². The first-order valence-electron chi connectivity index (χ1n) is 6.49. The van der Waals surface area contributed by atoms with Gasteiger partial charge in [0.15, 0.2) is 0 Å². The minimum atomic E-state index is -3.27. The maximum atomic E-state index is 12.3. The monoisotopic (exact) mass is 350 g/mol. The van der Waals surface area contributed by atoms with Gasteiger partial charge in [-0.25, -0.2) is 12.7 Å². The first kappa shape index (κ1) is 16.5. The number of nitrogens with one attached hydrogen (secondary N) is 1. The number of hydrogen-bond acceptors (Lipinski definition) is 3. The van der Waals surface area contributed by atoms with Crippen molar-refractivity contribution in [2.75, 3.05) is 24.7 Å². The number of benzene rings is 1. The third-order valence-corrected chi connectivity index (χ3v) is 5.52. The molecule has 1 fully saturated rings. The number of piperidine rings is 1. The van der Waals surface area contributed by atoms with Crippen LogP contribution in [0.1, 0.15) is 12.8 Å². The summed E-state index contributed by atoms with van der Waals surface area (Å²) in [4.78, 5) is 12.3. The zero-order chi connectivity index (χ0) is 15.6. The highest BCUT2D eigenvalue weighted by atomic mass is 35.5. The van der Waals surface area contributed by atoms with Crippen molar-refractivity contribution in [3.63, 3.8) is 0 Å². The third kappa shape index (κ3) is 4.10. The van der Waals surface area contributed by atoms with E-state index in [-0.39, 0.29) is 23.4 Å². The zero-order valence-electron chi connectivity index (χ0n) is 11.5. The van der Waals surface area contributed by atoms with Gasteiger partial charge in [-0.15, -0.1) is 0 Å². The van der Waals surface area contributed by atoms with E-state index in [2.05, 4.69) is 5.32 Å². The SMILES string of the molecule is CS(=O)(=O)N1CCC[C@@H](C(=O)Nc2cccc(Cl)c2Cl)C1. The van der Waals surface area contributed by atoms with Crippen molar-refractivity contribution >= 4 is 44.8 Å². The molecule has 2 rings (SSSR count). The number of amides is 1. The van der Waals surface area contributed by atoms with Crippen LogP contribution in [0.4, 0.5) is 5.69 Å². The van der Waals surface area contributed by atoms with Gasteiger partial charge in [-0.1, -0.05) is 29.3 Å². The number of nitrogens with zero attached hydrogens (tertiary/aromatic N) is 1. The summed E-state index contributed by atoms with van der Waals surface area (Å²) in [7, 11) is -3.27. The molecule has 8 heteroatoms. The molecule has 116 valence electrons. The summed E-state index contributed by atoms with van der Waals surface area (Å²) in [6.45, 7) is 0.656. The van der Waals surface area contributed by atoms with E-state index in [0.717, 1.165) is 6.26 Å². The summed E-state index contributed by atoms with van der Waals surface area (Å²) in [5.74, 6) is -0.629. The lowest BCUT2D eigenvalue weighted by molar-refractivity contribution is -0.120. The van der Waals surface area contributed by atoms with Crippen LogP contribution < -0.4 is 5.32 Å². The standard InChI is InChI=1S/C13H16Cl2N2O3S/c1-21(19,20)17-7-3-4-9(8-17)13(18)16-11-6-2-5-10(14)12(11)15/h2,5-6,9H,3-4,7-8H2,1H3,(H,16,18)/t9-/m1/s1. The average Bonchev–Trinajstić information content (AvgIpc) is 2.43. The van der Waals surface area contributed by atoms with Gasteiger partial charge in [-0.3, -0.25) is 4.79 Å². The van der Waals surface area contributed by atoms with E-state index in [9.17, 15) is 13.2 Å². The highest BCUT2D eigenvalue weighted by molar-refractivity contribution is 7.88. The van der Waals surface area contributed by atoms with Crippen LogP contribution in [0.3, 0.4) is 0 Å². The lowest BCUT2D eigenvalue weighted by Gasteiger charge is -2.30. The molecule has 0 spiro atoms. The second kappa shape index (κ2) is 6.52. The molecule has 1 heterocycles. The van der Waals surface area contributed by atoms with Gasteiger partial charge in [0.2, 0.25) is 15.9 Å². The fourth-order valence-corrected chi connectivity index (χ4v) is 3.55. The van der Waals surface area contributed by atoms with Crippen molar-refractivity contribution in [2.24, 2.45) is 5.92 Å². The molecule has 1 atom stereocenters. The lowest BCUT2D eigenvalue weighted by Crippen LogP contribution is -2.43. The van der Waals surface area contributed by atoms with Gasteiger partial charge in [0.25, 0.3) is 0 Å². The van der Waals surface area contributed by atoms with Crippen LogP contribution in [0.15, 0.2) is 18.2 Å². The Hall–Kier alpha value is -0.820. The molecule has 1 aliphatic heterocycles. The van der Waals surface area contributed by atoms with E-state index in [0.29, 0.717) is 30.1 Å². The van der Waals surface area contributed by atoms with Crippen molar-refractivity contribution in [3.05, 3.63) is 28.2 Å². The van der Waals surface area contributed by atoms with Crippen LogP contribution in [0.2, 0.25) is 10.0 Å². The summed E-state index contributed by atoms with van der Waals surface area (Å²) >= 11 is 11.9. The number of rotatable bonds is 3. The van der Waals surface area contributed by atoms with Crippen LogP contribution in [-0.2, 0) is 14.8 Å². The van der Waals surface area contributed by atoms with Crippen LogP contribution in [0.25, 0.3) is 0 Å². The summed E-state index contributed by atoms with van der Waals surface area (Å²) in [6, 6.07) is 4.97. The minimum Gasteiger partial charge on any atom is -0.324 e. The van der Waals surface area contributed by atoms with E-state index in [1.165, 1.54) is 4.31 Å². The Morgan fingerprint density at radius 2 is 2.10 bits per heavy atom. The molecule has 1 N–H and O–H groups in total. The topological polar surface area (TPSA) is 66.5 Å². The molecule has 1 aromatic rings. The molecular formula is C13H16Cl2N2O3S. The molecule has 0 saturated carbocycles. The molecule has 1 aromatic carbocycles. The Morgan fingerprint density at radius 1 is 1.38 bits per heavy atom. The largest absolute Gasteiger partial charge is 0.324 e. The first-order valence-corrected chi connectivity index (χ1v) is 9.09. The quantitative estimate of drug-likeness (QED) is 0.910. The highest BCUT2D eigenvalue weighted by Gasteiger charge is 2.30. The van der Waals surface area contributed by atoms with Crippen LogP contribution in [0, 0.1) is 5.92 Å². The van der Waals surface area contributed by atoms with Crippen molar-refractivity contribution in [1.29, 1.82) is 0 Å². The molecule has 0 unspecified atom stereocenters. The van der Waals surface area contributed by atoms with Gasteiger partial charge < -0.3 is 5.32 Å². The molecule has 1 amide bonds. The predicted octanol–water partition coefficient (Wildman–Crippen LogP) is 2.60. The normalized spacial score (nSPS) is 20.2. The van der Waals surface area contributed by atoms with Crippen molar-refractivity contribution in [1.82, 2.24) is 4.31 Å². The van der Waals surface area contributed by atoms with Gasteiger partial charge in [-0.2, -0.15) is 0 Å². The number of carbonyl (C=O) groups excluding carboxylic acids is 1. The predicted molar refractivity (Wildman–Crippen MR) is 84.2 cm³/mol. The highest BCUT2D eigenvalue weighted by Crippen LogP contribution is 2.30. The zero-order valence-corrected chi connectivity index (χ0v) is 13.8. The molecular weight excluding hydrogens is 335 g/mol. The number of anilines is 1. The minimum absolute atomic E-state index is 0.197. The summed E-state index contributed by atoms with van der Waals surface area (Å²) in [5, 5.41) is 3.35. The first-order chi connectivity index (χ1) is 9.79. The van der Waals surface area contributed by atoms with Crippen LogP contribution >= 0.6 is 23.2 Å². The molecule has 0 aromatic heterocycles. The number of sulfonamides is 1. The smallest absolute Gasteiger partial charge is 0.228 e. The van der Waals surface area contributed by atoms with Gasteiger partial charge >= 0.3 is 0 Å². The summed E-state index contributed by atoms with van der Waals surface area (Å²) < 4.78 is 24.5. The van der Waals surface area contributed by atoms with Crippen molar-refractivity contribution < 1.29 is 13.2 Å². The van der Waals surface area contributed by atoms with Crippen LogP contribution in [0.5, 0.6) is 0 Å². The van der Waals surface area contributed by atoms with E-state index >= 15 is 0 Å². The number of carbonyl (C=O) groups is 1. The fourth-order valence-electron chi connectivity index (χ4n) is 2.29. The van der Waals surface area contributed by atoms with E-state index < -0.39 is 10.0 Å². The Balaban J connectivity index is 2.08. The van der Waals surface area contributed by atoms with Gasteiger partial charge in [0, 0.05) is 13.1 Å². The maximum absolute atomic E-state index is 12.3. The van der Waals surface area contributed by atoms with E-state index in [1.54, 1.807) is 18.2 Å². The Kier molecular flexibility index (Phi) is 5.14. The molecule has 21 heavy (non-hydrogen) atoms. The molecule has 0 bridgehead atoms. The second-order valence-corrected chi connectivity index (χ2v) is 7.82. The van der Waals surface area contributed by atoms with Crippen molar-refractivity contribution in [3.8, 4) is 0 Å². The molecule has 0 radical (unpaired) electrons. The van der Waals surface area contributed by atoms with E-state index in [1.807, 2.05) is 0 Å². The Bertz CT molecular complexity index is 649. The number of halogens is 2.